The number of hydrogen-bond donors (Lipinski definition) is 3. The SMILES string of the molecule is C[C@H](CCCCNC(=O)COCCOCCNC(=O)COCCOCCCC(=O)CCCCCCCCCCCCCCCC1=NN=NC1)C(N)=O. The molecule has 0 aliphatic carbocycles. The molecule has 1 aliphatic rings. The highest BCUT2D eigenvalue weighted by Gasteiger charge is 2.08. The second-order valence-corrected chi connectivity index (χ2v) is 13.6. The van der Waals surface area contributed by atoms with E-state index in [-0.39, 0.29) is 43.5 Å². The molecule has 1 heterocycles. The Morgan fingerprint density at radius 1 is 0.615 bits per heavy atom. The van der Waals surface area contributed by atoms with Crippen molar-refractivity contribution in [2.24, 2.45) is 27.1 Å². The molecule has 14 nitrogen and oxygen atoms in total. The van der Waals surface area contributed by atoms with Gasteiger partial charge in [-0.15, -0.1) is 5.10 Å². The van der Waals surface area contributed by atoms with Crippen LogP contribution in [-0.4, -0.2) is 102 Å². The van der Waals surface area contributed by atoms with Crippen LogP contribution in [0.2, 0.25) is 0 Å². The van der Waals surface area contributed by atoms with Crippen LogP contribution >= 0.6 is 0 Å². The molecule has 0 spiro atoms. The first-order chi connectivity index (χ1) is 25.4. The van der Waals surface area contributed by atoms with Gasteiger partial charge in [-0.25, -0.2) is 0 Å². The van der Waals surface area contributed by atoms with Gasteiger partial charge in [0.15, 0.2) is 0 Å². The van der Waals surface area contributed by atoms with Gasteiger partial charge in [0.1, 0.15) is 25.5 Å². The molecule has 0 aromatic carbocycles. The fourth-order valence-corrected chi connectivity index (χ4v) is 5.54. The molecule has 0 bridgehead atoms. The number of rotatable bonds is 39. The molecular formula is C38H70N6O8. The molecule has 3 amide bonds. The minimum Gasteiger partial charge on any atom is -0.379 e. The van der Waals surface area contributed by atoms with E-state index in [4.69, 9.17) is 24.7 Å². The summed E-state index contributed by atoms with van der Waals surface area (Å²) >= 11 is 0. The molecule has 0 fully saturated rings. The number of nitrogens with one attached hydrogen (secondary N) is 2. The number of carbonyl (C=O) groups is 4. The van der Waals surface area contributed by atoms with Gasteiger partial charge in [-0.3, -0.25) is 19.2 Å². The van der Waals surface area contributed by atoms with Crippen LogP contribution < -0.4 is 16.4 Å². The fraction of sp³-hybridized carbons (Fsp3) is 0.868. The number of hydrogen-bond acceptors (Lipinski definition) is 11. The van der Waals surface area contributed by atoms with Crippen molar-refractivity contribution in [2.75, 3.05) is 72.5 Å². The standard InChI is InChI=1S/C38H70N6O8/c1-33(38(39)48)18-15-16-22-40-36(46)31-52-29-27-50-25-23-41-37(47)32-51-28-26-49-24-17-21-35(45)20-14-12-10-8-6-4-2-3-5-7-9-11-13-19-34-30-42-44-43-34/h33H,2-32H2,1H3,(H2,39,48)(H,40,46)(H,41,47)/t33-/m1/s1. The molecule has 0 radical (unpaired) electrons. The zero-order valence-electron chi connectivity index (χ0n) is 32.2. The zero-order valence-corrected chi connectivity index (χ0v) is 32.2. The summed E-state index contributed by atoms with van der Waals surface area (Å²) in [7, 11) is 0. The van der Waals surface area contributed by atoms with E-state index in [1.807, 2.05) is 0 Å². The van der Waals surface area contributed by atoms with Gasteiger partial charge in [-0.1, -0.05) is 84.0 Å². The normalized spacial score (nSPS) is 12.9. The second-order valence-electron chi connectivity index (χ2n) is 13.6. The van der Waals surface area contributed by atoms with E-state index in [1.54, 1.807) is 6.92 Å². The molecule has 0 unspecified atom stereocenters. The number of carbonyl (C=O) groups excluding carboxylic acids is 4. The average Bonchev–Trinajstić information content (AvgIpc) is 3.65. The van der Waals surface area contributed by atoms with Gasteiger partial charge in [0.2, 0.25) is 17.7 Å². The summed E-state index contributed by atoms with van der Waals surface area (Å²) in [5.74, 6) is -0.580. The first-order valence-electron chi connectivity index (χ1n) is 20.0. The van der Waals surface area contributed by atoms with E-state index in [0.29, 0.717) is 84.1 Å². The summed E-state index contributed by atoms with van der Waals surface area (Å²) in [6, 6.07) is 0. The molecule has 0 aromatic heterocycles. The lowest BCUT2D eigenvalue weighted by Gasteiger charge is -2.09. The van der Waals surface area contributed by atoms with E-state index < -0.39 is 0 Å². The van der Waals surface area contributed by atoms with Gasteiger partial charge in [0.05, 0.1) is 38.7 Å². The van der Waals surface area contributed by atoms with Crippen LogP contribution in [0.15, 0.2) is 15.4 Å². The number of nitrogens with two attached hydrogens (primary N) is 1. The third-order valence-electron chi connectivity index (χ3n) is 8.82. The molecular weight excluding hydrogens is 668 g/mol. The van der Waals surface area contributed by atoms with E-state index in [2.05, 4.69) is 26.1 Å². The van der Waals surface area contributed by atoms with Crippen LogP contribution in [0.3, 0.4) is 0 Å². The third-order valence-corrected chi connectivity index (χ3v) is 8.82. The maximum Gasteiger partial charge on any atom is 0.246 e. The molecule has 14 heteroatoms. The molecule has 0 aromatic rings. The summed E-state index contributed by atoms with van der Waals surface area (Å²) in [5, 5.41) is 17.1. The Bertz CT molecular complexity index is 997. The Labute approximate surface area is 312 Å². The molecule has 52 heavy (non-hydrogen) atoms. The number of ether oxygens (including phenoxy) is 4. The highest BCUT2D eigenvalue weighted by Crippen LogP contribution is 2.14. The topological polar surface area (TPSA) is 192 Å². The monoisotopic (exact) mass is 739 g/mol. The Balaban J connectivity index is 1.73. The molecule has 4 N–H and O–H groups in total. The van der Waals surface area contributed by atoms with Gasteiger partial charge in [0.25, 0.3) is 0 Å². The van der Waals surface area contributed by atoms with Gasteiger partial charge < -0.3 is 35.3 Å². The summed E-state index contributed by atoms with van der Waals surface area (Å²) in [5.41, 5.74) is 6.36. The van der Waals surface area contributed by atoms with Crippen LogP contribution in [0, 0.1) is 5.92 Å². The molecule has 1 aliphatic heterocycles. The Hall–Kier alpha value is -2.81. The largest absolute Gasteiger partial charge is 0.379 e. The highest BCUT2D eigenvalue weighted by atomic mass is 16.5. The zero-order chi connectivity index (χ0) is 37.7. The van der Waals surface area contributed by atoms with Gasteiger partial charge in [-0.05, 0) is 43.7 Å². The van der Waals surface area contributed by atoms with Crippen molar-refractivity contribution in [3.05, 3.63) is 0 Å². The van der Waals surface area contributed by atoms with Crippen LogP contribution in [0.4, 0.5) is 0 Å². The second kappa shape index (κ2) is 35.2. The van der Waals surface area contributed by atoms with Crippen LogP contribution in [0.5, 0.6) is 0 Å². The fourth-order valence-electron chi connectivity index (χ4n) is 5.54. The van der Waals surface area contributed by atoms with E-state index in [0.717, 1.165) is 37.8 Å². The summed E-state index contributed by atoms with van der Waals surface area (Å²) < 4.78 is 21.5. The van der Waals surface area contributed by atoms with Crippen molar-refractivity contribution in [3.8, 4) is 0 Å². The van der Waals surface area contributed by atoms with Crippen molar-refractivity contribution < 1.29 is 38.1 Å². The molecule has 1 rings (SSSR count). The Kier molecular flexibility index (Phi) is 32.0. The Morgan fingerprint density at radius 2 is 1.13 bits per heavy atom. The summed E-state index contributed by atoms with van der Waals surface area (Å²) in [6.45, 7) is 5.36. The summed E-state index contributed by atoms with van der Waals surface area (Å²) in [6.07, 6.45) is 21.7. The van der Waals surface area contributed by atoms with Crippen molar-refractivity contribution in [3.63, 3.8) is 0 Å². The van der Waals surface area contributed by atoms with Crippen LogP contribution in [0.25, 0.3) is 0 Å². The number of Topliss-reactive ketones (excluding diaryl/α,β-unsaturated/α-hetero) is 1. The summed E-state index contributed by atoms with van der Waals surface area (Å²) in [4.78, 5) is 46.7. The van der Waals surface area contributed by atoms with E-state index in [9.17, 15) is 19.2 Å². The minimum absolute atomic E-state index is 0.0484. The minimum atomic E-state index is -0.303. The molecule has 1 atom stereocenters. The smallest absolute Gasteiger partial charge is 0.246 e. The van der Waals surface area contributed by atoms with Gasteiger partial charge in [-0.2, -0.15) is 5.11 Å². The van der Waals surface area contributed by atoms with Crippen LogP contribution in [-0.2, 0) is 38.1 Å². The predicted molar refractivity (Wildman–Crippen MR) is 202 cm³/mol. The predicted octanol–water partition coefficient (Wildman–Crippen LogP) is 5.60. The maximum atomic E-state index is 12.1. The van der Waals surface area contributed by atoms with Gasteiger partial charge >= 0.3 is 0 Å². The van der Waals surface area contributed by atoms with Crippen molar-refractivity contribution >= 4 is 29.2 Å². The lowest BCUT2D eigenvalue weighted by Crippen LogP contribution is -2.31. The number of nitrogens with zero attached hydrogens (tertiary/aromatic N) is 3. The van der Waals surface area contributed by atoms with Crippen LogP contribution in [0.1, 0.15) is 135 Å². The van der Waals surface area contributed by atoms with Crippen molar-refractivity contribution in [1.29, 1.82) is 0 Å². The third kappa shape index (κ3) is 31.9. The number of primary amides is 1. The van der Waals surface area contributed by atoms with Crippen molar-refractivity contribution in [1.82, 2.24) is 10.6 Å². The lowest BCUT2D eigenvalue weighted by atomic mass is 10.0. The quantitative estimate of drug-likeness (QED) is 0.0679. The number of ketones is 1. The number of unbranched alkanes of at least 4 members (excludes halogenated alkanes) is 13. The Morgan fingerprint density at radius 3 is 1.71 bits per heavy atom. The van der Waals surface area contributed by atoms with E-state index >= 15 is 0 Å². The first-order valence-corrected chi connectivity index (χ1v) is 20.0. The lowest BCUT2D eigenvalue weighted by molar-refractivity contribution is -0.127. The van der Waals surface area contributed by atoms with Crippen molar-refractivity contribution in [2.45, 2.75) is 135 Å². The van der Waals surface area contributed by atoms with E-state index in [1.165, 1.54) is 70.6 Å². The first kappa shape index (κ1) is 47.2. The highest BCUT2D eigenvalue weighted by molar-refractivity contribution is 5.87. The average molecular weight is 739 g/mol. The molecule has 300 valence electrons. The number of amides is 3. The molecule has 0 saturated carbocycles. The van der Waals surface area contributed by atoms with Gasteiger partial charge in [0, 0.05) is 38.5 Å². The maximum absolute atomic E-state index is 12.1. The molecule has 0 saturated heterocycles.